The Morgan fingerprint density at radius 1 is 1.00 bits per heavy atom. The molecule has 0 aliphatic rings. The fourth-order valence-electron chi connectivity index (χ4n) is 2.57. The first-order chi connectivity index (χ1) is 14.0. The number of hydrogen-bond donors (Lipinski definition) is 2. The molecule has 2 amide bonds. The molecule has 0 aliphatic carbocycles. The number of rotatable bonds is 7. The van der Waals surface area contributed by atoms with Gasteiger partial charge < -0.3 is 15.4 Å². The average molecular weight is 392 g/mol. The van der Waals surface area contributed by atoms with Crippen LogP contribution in [-0.4, -0.2) is 40.7 Å². The topological polar surface area (TPSA) is 102 Å². The summed E-state index contributed by atoms with van der Waals surface area (Å²) in [4.78, 5) is 35.8. The van der Waals surface area contributed by atoms with E-state index in [2.05, 4.69) is 15.7 Å². The summed E-state index contributed by atoms with van der Waals surface area (Å²) in [6.07, 6.45) is 0. The van der Waals surface area contributed by atoms with Gasteiger partial charge in [0.2, 0.25) is 0 Å². The number of aromatic nitrogens is 2. The zero-order valence-corrected chi connectivity index (χ0v) is 15.8. The first-order valence-electron chi connectivity index (χ1n) is 8.94. The highest BCUT2D eigenvalue weighted by Gasteiger charge is 2.13. The zero-order valence-electron chi connectivity index (χ0n) is 15.8. The van der Waals surface area contributed by atoms with Crippen LogP contribution in [0, 0.1) is 6.92 Å². The molecule has 0 fully saturated rings. The highest BCUT2D eigenvalue weighted by atomic mass is 16.5. The number of nitrogens with zero attached hydrogens (tertiary/aromatic N) is 2. The monoisotopic (exact) mass is 392 g/mol. The van der Waals surface area contributed by atoms with Crippen LogP contribution in [0.3, 0.4) is 0 Å². The first kappa shape index (κ1) is 19.8. The van der Waals surface area contributed by atoms with Gasteiger partial charge in [-0.1, -0.05) is 36.4 Å². The van der Waals surface area contributed by atoms with Crippen molar-refractivity contribution in [2.24, 2.45) is 0 Å². The van der Waals surface area contributed by atoms with Crippen molar-refractivity contribution in [2.75, 3.05) is 18.5 Å². The van der Waals surface area contributed by atoms with Gasteiger partial charge in [0.1, 0.15) is 12.4 Å². The molecular weight excluding hydrogens is 372 g/mol. The van der Waals surface area contributed by atoms with Crippen molar-refractivity contribution < 1.29 is 19.1 Å². The Bertz CT molecular complexity index is 1000. The van der Waals surface area contributed by atoms with Gasteiger partial charge in [-0.05, 0) is 31.2 Å². The molecule has 2 aromatic carbocycles. The number of para-hydroxylation sites is 1. The van der Waals surface area contributed by atoms with Gasteiger partial charge in [-0.15, -0.1) is 0 Å². The van der Waals surface area contributed by atoms with Gasteiger partial charge in [0.05, 0.1) is 11.4 Å². The number of carbonyl (C=O) groups is 3. The van der Waals surface area contributed by atoms with E-state index in [1.165, 1.54) is 0 Å². The van der Waals surface area contributed by atoms with Crippen LogP contribution in [0.25, 0.3) is 5.69 Å². The Hall–Kier alpha value is -3.94. The van der Waals surface area contributed by atoms with Crippen molar-refractivity contribution in [1.29, 1.82) is 0 Å². The predicted molar refractivity (Wildman–Crippen MR) is 107 cm³/mol. The molecule has 0 aliphatic heterocycles. The SMILES string of the molecule is Cc1cc(NC(=O)COC(=O)CNC(=O)c2ccccc2)n(-c2ccccc2)n1. The Morgan fingerprint density at radius 2 is 1.66 bits per heavy atom. The number of carbonyl (C=O) groups excluding carboxylic acids is 3. The van der Waals surface area contributed by atoms with Crippen LogP contribution in [0.4, 0.5) is 5.82 Å². The maximum absolute atomic E-state index is 12.2. The Labute approximate surface area is 167 Å². The first-order valence-corrected chi connectivity index (χ1v) is 8.94. The molecule has 29 heavy (non-hydrogen) atoms. The minimum atomic E-state index is -0.711. The molecule has 2 N–H and O–H groups in total. The highest BCUT2D eigenvalue weighted by molar-refractivity contribution is 5.96. The minimum absolute atomic E-state index is 0.331. The van der Waals surface area contributed by atoms with Crippen molar-refractivity contribution in [3.05, 3.63) is 78.0 Å². The molecule has 0 bridgehead atoms. The van der Waals surface area contributed by atoms with Crippen molar-refractivity contribution in [3.63, 3.8) is 0 Å². The smallest absolute Gasteiger partial charge is 0.325 e. The Morgan fingerprint density at radius 3 is 2.34 bits per heavy atom. The molecule has 1 aromatic heterocycles. The van der Waals surface area contributed by atoms with Gasteiger partial charge in [-0.2, -0.15) is 5.10 Å². The number of hydrogen-bond acceptors (Lipinski definition) is 5. The summed E-state index contributed by atoms with van der Waals surface area (Å²) in [5, 5.41) is 9.47. The summed E-state index contributed by atoms with van der Waals surface area (Å²) >= 11 is 0. The lowest BCUT2D eigenvalue weighted by molar-refractivity contribution is -0.146. The van der Waals surface area contributed by atoms with E-state index in [9.17, 15) is 14.4 Å². The second-order valence-corrected chi connectivity index (χ2v) is 6.18. The van der Waals surface area contributed by atoms with E-state index in [4.69, 9.17) is 4.74 Å². The average Bonchev–Trinajstić information content (AvgIpc) is 3.11. The predicted octanol–water partition coefficient (Wildman–Crippen LogP) is 2.09. The van der Waals surface area contributed by atoms with Crippen molar-refractivity contribution in [3.8, 4) is 5.69 Å². The van der Waals surface area contributed by atoms with E-state index in [-0.39, 0.29) is 6.54 Å². The van der Waals surface area contributed by atoms with E-state index in [0.29, 0.717) is 11.4 Å². The molecule has 8 nitrogen and oxygen atoms in total. The molecule has 3 rings (SSSR count). The maximum atomic E-state index is 12.2. The number of amides is 2. The second-order valence-electron chi connectivity index (χ2n) is 6.18. The van der Waals surface area contributed by atoms with Crippen LogP contribution in [0.2, 0.25) is 0 Å². The summed E-state index contributed by atoms with van der Waals surface area (Å²) < 4.78 is 6.51. The summed E-state index contributed by atoms with van der Waals surface area (Å²) in [6.45, 7) is 1.01. The van der Waals surface area contributed by atoms with Gasteiger partial charge in [-0.3, -0.25) is 14.4 Å². The van der Waals surface area contributed by atoms with Crippen LogP contribution < -0.4 is 10.6 Å². The van der Waals surface area contributed by atoms with Gasteiger partial charge in [-0.25, -0.2) is 4.68 Å². The molecule has 8 heteroatoms. The summed E-state index contributed by atoms with van der Waals surface area (Å²) in [5.41, 5.74) is 1.95. The number of esters is 1. The van der Waals surface area contributed by atoms with E-state index >= 15 is 0 Å². The molecule has 0 unspecified atom stereocenters. The van der Waals surface area contributed by atoms with Gasteiger partial charge in [0, 0.05) is 11.6 Å². The Kier molecular flexibility index (Phi) is 6.36. The van der Waals surface area contributed by atoms with Crippen LogP contribution in [-0.2, 0) is 14.3 Å². The van der Waals surface area contributed by atoms with Gasteiger partial charge >= 0.3 is 5.97 Å². The quantitative estimate of drug-likeness (QED) is 0.600. The maximum Gasteiger partial charge on any atom is 0.325 e. The van der Waals surface area contributed by atoms with Crippen LogP contribution in [0.5, 0.6) is 0 Å². The lowest BCUT2D eigenvalue weighted by Crippen LogP contribution is -2.32. The molecular formula is C21H20N4O4. The van der Waals surface area contributed by atoms with Crippen LogP contribution in [0.15, 0.2) is 66.7 Å². The molecule has 148 valence electrons. The van der Waals surface area contributed by atoms with Crippen LogP contribution >= 0.6 is 0 Å². The highest BCUT2D eigenvalue weighted by Crippen LogP contribution is 2.16. The molecule has 3 aromatic rings. The van der Waals surface area contributed by atoms with Gasteiger partial charge in [0.25, 0.3) is 11.8 Å². The minimum Gasteiger partial charge on any atom is -0.454 e. The van der Waals surface area contributed by atoms with Crippen LogP contribution in [0.1, 0.15) is 16.1 Å². The number of nitrogens with one attached hydrogen (secondary N) is 2. The molecule has 0 spiro atoms. The molecule has 0 atom stereocenters. The van der Waals surface area contributed by atoms with Crippen molar-refractivity contribution in [2.45, 2.75) is 6.92 Å². The molecule has 0 saturated carbocycles. The van der Waals surface area contributed by atoms with E-state index in [1.54, 1.807) is 41.1 Å². The number of ether oxygens (including phenoxy) is 1. The molecule has 0 saturated heterocycles. The van der Waals surface area contributed by atoms with E-state index in [1.807, 2.05) is 37.3 Å². The fraction of sp³-hybridized carbons (Fsp3) is 0.143. The third-order valence-corrected chi connectivity index (χ3v) is 3.89. The molecule has 0 radical (unpaired) electrons. The summed E-state index contributed by atoms with van der Waals surface area (Å²) in [5.74, 6) is -1.15. The van der Waals surface area contributed by atoms with Gasteiger partial charge in [0.15, 0.2) is 6.61 Å². The number of anilines is 1. The summed E-state index contributed by atoms with van der Waals surface area (Å²) in [7, 11) is 0. The third kappa shape index (κ3) is 5.52. The standard InChI is InChI=1S/C21H20N4O4/c1-15-12-18(25(24-15)17-10-6-3-7-11-17)23-19(26)14-29-20(27)13-22-21(28)16-8-4-2-5-9-16/h2-12H,13-14H2,1H3,(H,22,28)(H,23,26). The lowest BCUT2D eigenvalue weighted by Gasteiger charge is -2.09. The van der Waals surface area contributed by atoms with Crippen molar-refractivity contribution in [1.82, 2.24) is 15.1 Å². The fourth-order valence-corrected chi connectivity index (χ4v) is 2.57. The largest absolute Gasteiger partial charge is 0.454 e. The van der Waals surface area contributed by atoms with E-state index in [0.717, 1.165) is 11.4 Å². The Balaban J connectivity index is 1.49. The number of aryl methyl sites for hydroxylation is 1. The lowest BCUT2D eigenvalue weighted by atomic mass is 10.2. The second kappa shape index (κ2) is 9.32. The number of benzene rings is 2. The van der Waals surface area contributed by atoms with E-state index < -0.39 is 24.4 Å². The summed E-state index contributed by atoms with van der Waals surface area (Å²) in [6, 6.07) is 19.5. The third-order valence-electron chi connectivity index (χ3n) is 3.89. The normalized spacial score (nSPS) is 10.2. The zero-order chi connectivity index (χ0) is 20.6. The molecule has 1 heterocycles. The van der Waals surface area contributed by atoms with Crippen molar-refractivity contribution >= 4 is 23.6 Å².